The summed E-state index contributed by atoms with van der Waals surface area (Å²) in [5, 5.41) is 23.5. The standard InChI is InChI=1S/C26H28N8/c1-16-23-24(17(2)29-28-16)34(22(27-23)14-26(3,4)5)15-18-10-6-7-11-19(18)20-12-8-9-13-21(20)25-30-32-33-31-25/h6-13H,14-15H2,1-5H3,(H,30,31,32,33). The number of nitrogens with zero attached hydrogens (tertiary/aromatic N) is 7. The van der Waals surface area contributed by atoms with Crippen LogP contribution >= 0.6 is 0 Å². The molecule has 0 aliphatic carbocycles. The Morgan fingerprint density at radius 1 is 0.824 bits per heavy atom. The Labute approximate surface area is 198 Å². The number of aromatic amines is 1. The molecule has 0 atom stereocenters. The fraction of sp³-hybridized carbons (Fsp3) is 0.308. The van der Waals surface area contributed by atoms with Gasteiger partial charge in [-0.15, -0.1) is 10.2 Å². The molecular formula is C26H28N8. The van der Waals surface area contributed by atoms with Gasteiger partial charge in [0.15, 0.2) is 0 Å². The minimum atomic E-state index is 0.0898. The van der Waals surface area contributed by atoms with E-state index in [1.807, 2.05) is 32.0 Å². The molecule has 0 aliphatic rings. The molecule has 3 heterocycles. The number of rotatable bonds is 5. The highest BCUT2D eigenvalue weighted by Crippen LogP contribution is 2.34. The number of tetrazole rings is 1. The van der Waals surface area contributed by atoms with Gasteiger partial charge in [0.2, 0.25) is 5.82 Å². The van der Waals surface area contributed by atoms with Gasteiger partial charge in [0.1, 0.15) is 11.3 Å². The lowest BCUT2D eigenvalue weighted by molar-refractivity contribution is 0.394. The van der Waals surface area contributed by atoms with Gasteiger partial charge in [-0.25, -0.2) is 4.98 Å². The van der Waals surface area contributed by atoms with E-state index >= 15 is 0 Å². The molecule has 5 aromatic rings. The van der Waals surface area contributed by atoms with E-state index in [0.717, 1.165) is 51.4 Å². The molecule has 0 amide bonds. The van der Waals surface area contributed by atoms with Gasteiger partial charge in [0.25, 0.3) is 0 Å². The molecule has 3 aromatic heterocycles. The Morgan fingerprint density at radius 3 is 2.21 bits per heavy atom. The van der Waals surface area contributed by atoms with Gasteiger partial charge in [-0.3, -0.25) is 0 Å². The van der Waals surface area contributed by atoms with Gasteiger partial charge in [-0.1, -0.05) is 69.3 Å². The average molecular weight is 453 g/mol. The number of nitrogens with one attached hydrogen (secondary N) is 1. The summed E-state index contributed by atoms with van der Waals surface area (Å²) in [4.78, 5) is 5.04. The third kappa shape index (κ3) is 4.07. The van der Waals surface area contributed by atoms with E-state index in [2.05, 4.69) is 86.5 Å². The highest BCUT2D eigenvalue weighted by Gasteiger charge is 2.22. The molecular weight excluding hydrogens is 424 g/mol. The first kappa shape index (κ1) is 21.9. The number of benzene rings is 2. The summed E-state index contributed by atoms with van der Waals surface area (Å²) in [6.45, 7) is 11.4. The molecule has 8 heteroatoms. The quantitative estimate of drug-likeness (QED) is 0.406. The van der Waals surface area contributed by atoms with Crippen LogP contribution in [0.4, 0.5) is 0 Å². The van der Waals surface area contributed by atoms with Crippen LogP contribution in [-0.4, -0.2) is 40.4 Å². The van der Waals surface area contributed by atoms with E-state index in [9.17, 15) is 0 Å². The molecule has 2 aromatic carbocycles. The Bertz CT molecular complexity index is 1460. The molecule has 0 saturated carbocycles. The molecule has 0 unspecified atom stereocenters. The van der Waals surface area contributed by atoms with Gasteiger partial charge in [0, 0.05) is 12.0 Å². The van der Waals surface area contributed by atoms with Crippen molar-refractivity contribution in [2.45, 2.75) is 47.6 Å². The van der Waals surface area contributed by atoms with Crippen molar-refractivity contribution in [1.29, 1.82) is 0 Å². The lowest BCUT2D eigenvalue weighted by atomic mass is 9.91. The van der Waals surface area contributed by atoms with E-state index < -0.39 is 0 Å². The first-order chi connectivity index (χ1) is 16.3. The monoisotopic (exact) mass is 452 g/mol. The predicted octanol–water partition coefficient (Wildman–Crippen LogP) is 4.93. The summed E-state index contributed by atoms with van der Waals surface area (Å²) >= 11 is 0. The molecule has 5 rings (SSSR count). The van der Waals surface area contributed by atoms with Crippen LogP contribution in [0.1, 0.15) is 43.5 Å². The molecule has 0 radical (unpaired) electrons. The maximum Gasteiger partial charge on any atom is 0.205 e. The number of fused-ring (bicyclic) bond motifs is 1. The summed E-state index contributed by atoms with van der Waals surface area (Å²) in [5.41, 5.74) is 8.12. The van der Waals surface area contributed by atoms with Crippen molar-refractivity contribution in [2.75, 3.05) is 0 Å². The fourth-order valence-corrected chi connectivity index (χ4v) is 4.42. The van der Waals surface area contributed by atoms with E-state index in [4.69, 9.17) is 4.98 Å². The lowest BCUT2D eigenvalue weighted by Gasteiger charge is -2.20. The zero-order valence-electron chi connectivity index (χ0n) is 20.2. The van der Waals surface area contributed by atoms with Crippen molar-refractivity contribution >= 4 is 11.0 Å². The lowest BCUT2D eigenvalue weighted by Crippen LogP contribution is -2.15. The van der Waals surface area contributed by atoms with Crippen LogP contribution in [0.3, 0.4) is 0 Å². The number of imidazole rings is 1. The summed E-state index contributed by atoms with van der Waals surface area (Å²) in [6, 6.07) is 16.6. The second-order valence-corrected chi connectivity index (χ2v) is 9.86. The first-order valence-corrected chi connectivity index (χ1v) is 11.4. The molecule has 0 saturated heterocycles. The van der Waals surface area contributed by atoms with Gasteiger partial charge in [-0.2, -0.15) is 15.4 Å². The molecule has 0 aliphatic heterocycles. The number of aromatic nitrogens is 8. The largest absolute Gasteiger partial charge is 0.322 e. The van der Waals surface area contributed by atoms with Crippen LogP contribution in [0.5, 0.6) is 0 Å². The number of H-pyrrole nitrogens is 1. The van der Waals surface area contributed by atoms with Crippen molar-refractivity contribution in [3.8, 4) is 22.5 Å². The van der Waals surface area contributed by atoms with Crippen LogP contribution in [-0.2, 0) is 13.0 Å². The average Bonchev–Trinajstić information content (AvgIpc) is 3.45. The zero-order chi connectivity index (χ0) is 23.9. The Balaban J connectivity index is 1.68. The van der Waals surface area contributed by atoms with Crippen LogP contribution in [0.15, 0.2) is 48.5 Å². The molecule has 1 N–H and O–H groups in total. The van der Waals surface area contributed by atoms with Crippen LogP contribution in [0.2, 0.25) is 0 Å². The number of hydrogen-bond donors (Lipinski definition) is 1. The predicted molar refractivity (Wildman–Crippen MR) is 132 cm³/mol. The van der Waals surface area contributed by atoms with Gasteiger partial charge in [-0.05, 0) is 41.2 Å². The highest BCUT2D eigenvalue weighted by molar-refractivity contribution is 5.83. The van der Waals surface area contributed by atoms with Crippen molar-refractivity contribution < 1.29 is 0 Å². The van der Waals surface area contributed by atoms with Crippen molar-refractivity contribution in [2.24, 2.45) is 5.41 Å². The highest BCUT2D eigenvalue weighted by atomic mass is 15.5. The molecule has 172 valence electrons. The molecule has 0 bridgehead atoms. The Hall–Kier alpha value is -3.94. The third-order valence-electron chi connectivity index (χ3n) is 5.92. The van der Waals surface area contributed by atoms with Gasteiger partial charge in [0.05, 0.1) is 23.4 Å². The van der Waals surface area contributed by atoms with Gasteiger partial charge >= 0.3 is 0 Å². The summed E-state index contributed by atoms with van der Waals surface area (Å²) in [5.74, 6) is 1.62. The van der Waals surface area contributed by atoms with Crippen LogP contribution < -0.4 is 0 Å². The van der Waals surface area contributed by atoms with Crippen LogP contribution in [0, 0.1) is 19.3 Å². The summed E-state index contributed by atoms with van der Waals surface area (Å²) in [6.07, 6.45) is 0.849. The summed E-state index contributed by atoms with van der Waals surface area (Å²) in [7, 11) is 0. The molecule has 0 spiro atoms. The second-order valence-electron chi connectivity index (χ2n) is 9.86. The molecule has 0 fully saturated rings. The van der Waals surface area contributed by atoms with E-state index in [1.54, 1.807) is 0 Å². The number of aryl methyl sites for hydroxylation is 2. The van der Waals surface area contributed by atoms with Crippen molar-refractivity contribution in [3.63, 3.8) is 0 Å². The minimum Gasteiger partial charge on any atom is -0.322 e. The van der Waals surface area contributed by atoms with E-state index in [0.29, 0.717) is 12.4 Å². The van der Waals surface area contributed by atoms with E-state index in [1.165, 1.54) is 5.56 Å². The fourth-order valence-electron chi connectivity index (χ4n) is 4.42. The van der Waals surface area contributed by atoms with E-state index in [-0.39, 0.29) is 5.41 Å². The Morgan fingerprint density at radius 2 is 1.50 bits per heavy atom. The normalized spacial score (nSPS) is 11.9. The maximum atomic E-state index is 5.04. The molecule has 8 nitrogen and oxygen atoms in total. The molecule has 34 heavy (non-hydrogen) atoms. The second kappa shape index (κ2) is 8.44. The van der Waals surface area contributed by atoms with Crippen molar-refractivity contribution in [3.05, 3.63) is 71.3 Å². The van der Waals surface area contributed by atoms with Gasteiger partial charge < -0.3 is 4.57 Å². The van der Waals surface area contributed by atoms with Crippen LogP contribution in [0.25, 0.3) is 33.5 Å². The topological polar surface area (TPSA) is 98.1 Å². The third-order valence-corrected chi connectivity index (χ3v) is 5.92. The van der Waals surface area contributed by atoms with Crippen molar-refractivity contribution in [1.82, 2.24) is 40.4 Å². The SMILES string of the molecule is Cc1nnc(C)c2c1nc(CC(C)(C)C)n2Cc1ccccc1-c1ccccc1-c1nn[nH]n1. The minimum absolute atomic E-state index is 0.0898. The first-order valence-electron chi connectivity index (χ1n) is 11.4. The maximum absolute atomic E-state index is 5.04. The zero-order valence-corrected chi connectivity index (χ0v) is 20.2. The Kier molecular flexibility index (Phi) is 5.43. The smallest absolute Gasteiger partial charge is 0.205 e. The summed E-state index contributed by atoms with van der Waals surface area (Å²) < 4.78 is 2.31. The number of hydrogen-bond acceptors (Lipinski definition) is 6.